The van der Waals surface area contributed by atoms with Gasteiger partial charge in [-0.3, -0.25) is 0 Å². The number of aliphatic hydroxyl groups excluding tert-OH is 2. The van der Waals surface area contributed by atoms with Crippen LogP contribution in [0.1, 0.15) is 20.8 Å². The van der Waals surface area contributed by atoms with Crippen LogP contribution >= 0.6 is 0 Å². The minimum absolute atomic E-state index is 0.120. The summed E-state index contributed by atoms with van der Waals surface area (Å²) >= 11 is 0. The van der Waals surface area contributed by atoms with E-state index in [0.717, 1.165) is 0 Å². The van der Waals surface area contributed by atoms with E-state index in [1.165, 1.54) is 0 Å². The minimum Gasteiger partial charge on any atom is -0.393 e. The molecule has 2 nitrogen and oxygen atoms in total. The van der Waals surface area contributed by atoms with E-state index in [2.05, 4.69) is 0 Å². The van der Waals surface area contributed by atoms with Crippen LogP contribution in [0.3, 0.4) is 0 Å². The molecular weight excluding hydrogens is 128 g/mol. The lowest BCUT2D eigenvalue weighted by atomic mass is 10.1. The maximum Gasteiger partial charge on any atom is 0.0692 e. The summed E-state index contributed by atoms with van der Waals surface area (Å²) in [5, 5.41) is 17.8. The predicted molar refractivity (Wildman–Crippen MR) is 41.7 cm³/mol. The minimum atomic E-state index is -0.416. The lowest BCUT2D eigenvalue weighted by Gasteiger charge is -2.08. The molecule has 0 saturated heterocycles. The van der Waals surface area contributed by atoms with Gasteiger partial charge in [0.15, 0.2) is 0 Å². The Labute approximate surface area is 62.2 Å². The molecule has 3 unspecified atom stereocenters. The van der Waals surface area contributed by atoms with E-state index >= 15 is 0 Å². The van der Waals surface area contributed by atoms with Gasteiger partial charge in [0.05, 0.1) is 12.2 Å². The van der Waals surface area contributed by atoms with Crippen LogP contribution < -0.4 is 0 Å². The Morgan fingerprint density at radius 3 is 1.80 bits per heavy atom. The first-order chi connectivity index (χ1) is 4.54. The number of rotatable bonds is 3. The Morgan fingerprint density at radius 1 is 1.00 bits per heavy atom. The molecule has 0 aromatic carbocycles. The molecule has 2 N–H and O–H groups in total. The molecular formula is C8H16O2. The van der Waals surface area contributed by atoms with E-state index in [1.54, 1.807) is 19.9 Å². The molecule has 0 rings (SSSR count). The first-order valence-electron chi connectivity index (χ1n) is 3.58. The molecule has 0 amide bonds. The van der Waals surface area contributed by atoms with Gasteiger partial charge in [0, 0.05) is 0 Å². The highest BCUT2D eigenvalue weighted by Gasteiger charge is 2.03. The van der Waals surface area contributed by atoms with E-state index < -0.39 is 6.10 Å². The van der Waals surface area contributed by atoms with Crippen molar-refractivity contribution in [2.75, 3.05) is 0 Å². The summed E-state index contributed by atoms with van der Waals surface area (Å²) in [6.45, 7) is 5.33. The molecule has 0 saturated carbocycles. The van der Waals surface area contributed by atoms with Crippen molar-refractivity contribution in [2.45, 2.75) is 33.0 Å². The van der Waals surface area contributed by atoms with Crippen LogP contribution in [0.4, 0.5) is 0 Å². The maximum absolute atomic E-state index is 9.00. The van der Waals surface area contributed by atoms with Gasteiger partial charge in [-0.1, -0.05) is 19.1 Å². The summed E-state index contributed by atoms with van der Waals surface area (Å²) in [6, 6.07) is 0. The zero-order chi connectivity index (χ0) is 8.15. The van der Waals surface area contributed by atoms with Crippen LogP contribution in [-0.4, -0.2) is 22.4 Å². The Kier molecular flexibility index (Phi) is 4.32. The van der Waals surface area contributed by atoms with Gasteiger partial charge in [-0.05, 0) is 19.8 Å². The third-order valence-corrected chi connectivity index (χ3v) is 1.45. The molecule has 0 aromatic rings. The molecule has 3 atom stereocenters. The molecule has 10 heavy (non-hydrogen) atoms. The van der Waals surface area contributed by atoms with Crippen molar-refractivity contribution in [3.8, 4) is 0 Å². The van der Waals surface area contributed by atoms with Crippen molar-refractivity contribution < 1.29 is 10.2 Å². The van der Waals surface area contributed by atoms with Crippen molar-refractivity contribution in [1.29, 1.82) is 0 Å². The molecule has 0 radical (unpaired) electrons. The summed E-state index contributed by atoms with van der Waals surface area (Å²) in [7, 11) is 0. The quantitative estimate of drug-likeness (QED) is 0.579. The van der Waals surface area contributed by atoms with Gasteiger partial charge >= 0.3 is 0 Å². The first kappa shape index (κ1) is 9.66. The molecule has 0 spiro atoms. The molecule has 0 aliphatic carbocycles. The largest absolute Gasteiger partial charge is 0.393 e. The highest BCUT2D eigenvalue weighted by Crippen LogP contribution is 2.03. The second kappa shape index (κ2) is 4.47. The van der Waals surface area contributed by atoms with E-state index in [0.29, 0.717) is 0 Å². The van der Waals surface area contributed by atoms with Gasteiger partial charge in [-0.15, -0.1) is 0 Å². The summed E-state index contributed by atoms with van der Waals surface area (Å²) in [5.74, 6) is 0.120. The standard InChI is InChI=1S/C8H16O2/c1-6(8(3)10)4-5-7(2)9/h4-10H,1-3H3/b5-4+. The van der Waals surface area contributed by atoms with Crippen LogP contribution in [0.15, 0.2) is 12.2 Å². The number of hydrogen-bond acceptors (Lipinski definition) is 2. The van der Waals surface area contributed by atoms with Gasteiger partial charge in [-0.2, -0.15) is 0 Å². The van der Waals surface area contributed by atoms with Crippen LogP contribution in [0.2, 0.25) is 0 Å². The highest BCUT2D eigenvalue weighted by molar-refractivity contribution is 4.91. The van der Waals surface area contributed by atoms with Crippen LogP contribution in [-0.2, 0) is 0 Å². The lowest BCUT2D eigenvalue weighted by molar-refractivity contribution is 0.156. The molecule has 0 aliphatic rings. The summed E-state index contributed by atoms with van der Waals surface area (Å²) in [5.41, 5.74) is 0. The fraction of sp³-hybridized carbons (Fsp3) is 0.750. The van der Waals surface area contributed by atoms with Crippen LogP contribution in [0, 0.1) is 5.92 Å². The Hall–Kier alpha value is -0.340. The van der Waals surface area contributed by atoms with E-state index in [4.69, 9.17) is 10.2 Å². The fourth-order valence-electron chi connectivity index (χ4n) is 0.497. The fourth-order valence-corrected chi connectivity index (χ4v) is 0.497. The highest BCUT2D eigenvalue weighted by atomic mass is 16.3. The van der Waals surface area contributed by atoms with Crippen molar-refractivity contribution in [1.82, 2.24) is 0 Å². The monoisotopic (exact) mass is 144 g/mol. The second-order valence-corrected chi connectivity index (χ2v) is 2.73. The van der Waals surface area contributed by atoms with Gasteiger partial charge < -0.3 is 10.2 Å². The van der Waals surface area contributed by atoms with Gasteiger partial charge in [0.1, 0.15) is 0 Å². The van der Waals surface area contributed by atoms with Gasteiger partial charge in [-0.25, -0.2) is 0 Å². The molecule has 0 fully saturated rings. The number of hydrogen-bond donors (Lipinski definition) is 2. The van der Waals surface area contributed by atoms with E-state index in [9.17, 15) is 0 Å². The van der Waals surface area contributed by atoms with E-state index in [-0.39, 0.29) is 12.0 Å². The second-order valence-electron chi connectivity index (χ2n) is 2.73. The summed E-state index contributed by atoms with van der Waals surface area (Å²) in [6.07, 6.45) is 2.74. The lowest BCUT2D eigenvalue weighted by Crippen LogP contribution is -2.10. The predicted octanol–water partition coefficient (Wildman–Crippen LogP) is 0.940. The normalized spacial score (nSPS) is 20.9. The molecule has 0 bridgehead atoms. The molecule has 0 aromatic heterocycles. The van der Waals surface area contributed by atoms with Crippen molar-refractivity contribution in [3.05, 3.63) is 12.2 Å². The van der Waals surface area contributed by atoms with Crippen LogP contribution in [0.25, 0.3) is 0 Å². The third-order valence-electron chi connectivity index (χ3n) is 1.45. The Balaban J connectivity index is 3.66. The summed E-state index contributed by atoms with van der Waals surface area (Å²) < 4.78 is 0. The SMILES string of the molecule is CC(O)/C=C/C(C)C(C)O. The third kappa shape index (κ3) is 4.53. The van der Waals surface area contributed by atoms with Gasteiger partial charge in [0.2, 0.25) is 0 Å². The van der Waals surface area contributed by atoms with Crippen molar-refractivity contribution in [2.24, 2.45) is 5.92 Å². The van der Waals surface area contributed by atoms with Crippen molar-refractivity contribution >= 4 is 0 Å². The Bertz CT molecular complexity index is 106. The average molecular weight is 144 g/mol. The first-order valence-corrected chi connectivity index (χ1v) is 3.58. The zero-order valence-corrected chi connectivity index (χ0v) is 6.78. The van der Waals surface area contributed by atoms with E-state index in [1.807, 2.05) is 13.0 Å². The smallest absolute Gasteiger partial charge is 0.0692 e. The molecule has 0 heterocycles. The topological polar surface area (TPSA) is 40.5 Å². The van der Waals surface area contributed by atoms with Crippen LogP contribution in [0.5, 0.6) is 0 Å². The molecule has 60 valence electrons. The zero-order valence-electron chi connectivity index (χ0n) is 6.78. The Morgan fingerprint density at radius 2 is 1.50 bits per heavy atom. The average Bonchev–Trinajstić information content (AvgIpc) is 1.82. The maximum atomic E-state index is 9.00. The number of aliphatic hydroxyl groups is 2. The summed E-state index contributed by atoms with van der Waals surface area (Å²) in [4.78, 5) is 0. The van der Waals surface area contributed by atoms with Gasteiger partial charge in [0.25, 0.3) is 0 Å². The van der Waals surface area contributed by atoms with Crippen molar-refractivity contribution in [3.63, 3.8) is 0 Å². The molecule has 0 aliphatic heterocycles. The molecule has 2 heteroatoms.